The van der Waals surface area contributed by atoms with E-state index in [9.17, 15) is 4.79 Å². The first-order valence-electron chi connectivity index (χ1n) is 4.62. The molecule has 0 saturated carbocycles. The van der Waals surface area contributed by atoms with E-state index in [1.165, 1.54) is 13.3 Å². The molecule has 16 heavy (non-hydrogen) atoms. The lowest BCUT2D eigenvalue weighted by Crippen LogP contribution is -2.05. The summed E-state index contributed by atoms with van der Waals surface area (Å²) in [6.07, 6.45) is 1.51. The Hall–Kier alpha value is -2.06. The van der Waals surface area contributed by atoms with Crippen LogP contribution in [0.15, 0.2) is 18.3 Å². The van der Waals surface area contributed by atoms with Crippen molar-refractivity contribution in [3.8, 4) is 11.8 Å². The standard InChI is InChI=1S/C11H12N2O3/c1-16-11(15)9-4-6-13-10(8-9)12-5-2-3-7-14/h4,6,8,14H,5,7H2,1H3,(H,12,13). The summed E-state index contributed by atoms with van der Waals surface area (Å²) in [6, 6.07) is 3.14. The van der Waals surface area contributed by atoms with Crippen molar-refractivity contribution in [2.24, 2.45) is 0 Å². The molecule has 0 aliphatic heterocycles. The Morgan fingerprint density at radius 3 is 3.12 bits per heavy atom. The van der Waals surface area contributed by atoms with Gasteiger partial charge in [0.2, 0.25) is 0 Å². The van der Waals surface area contributed by atoms with Crippen LogP contribution in [0.2, 0.25) is 0 Å². The number of rotatable bonds is 3. The zero-order valence-corrected chi connectivity index (χ0v) is 8.86. The van der Waals surface area contributed by atoms with Gasteiger partial charge in [-0.3, -0.25) is 0 Å². The fourth-order valence-corrected chi connectivity index (χ4v) is 1.03. The molecule has 0 saturated heterocycles. The van der Waals surface area contributed by atoms with Crippen LogP contribution in [0.5, 0.6) is 0 Å². The lowest BCUT2D eigenvalue weighted by molar-refractivity contribution is 0.0600. The predicted molar refractivity (Wildman–Crippen MR) is 58.9 cm³/mol. The van der Waals surface area contributed by atoms with Gasteiger partial charge in [0.1, 0.15) is 12.4 Å². The highest BCUT2D eigenvalue weighted by molar-refractivity contribution is 5.89. The Kier molecular flexibility index (Phi) is 4.83. The number of methoxy groups -OCH3 is 1. The molecule has 1 aromatic heterocycles. The van der Waals surface area contributed by atoms with Crippen LogP contribution < -0.4 is 5.32 Å². The Bertz CT molecular complexity index is 421. The highest BCUT2D eigenvalue weighted by Crippen LogP contribution is 2.07. The fraction of sp³-hybridized carbons (Fsp3) is 0.273. The van der Waals surface area contributed by atoms with Crippen LogP contribution in [0.3, 0.4) is 0 Å². The lowest BCUT2D eigenvalue weighted by Gasteiger charge is -2.03. The van der Waals surface area contributed by atoms with Crippen LogP contribution in [0, 0.1) is 11.8 Å². The van der Waals surface area contributed by atoms with Gasteiger partial charge >= 0.3 is 5.97 Å². The normalized spacial score (nSPS) is 8.88. The molecule has 0 atom stereocenters. The van der Waals surface area contributed by atoms with Gasteiger partial charge in [-0.15, -0.1) is 0 Å². The minimum absolute atomic E-state index is 0.169. The second kappa shape index (κ2) is 6.43. The van der Waals surface area contributed by atoms with Crippen molar-refractivity contribution in [1.82, 2.24) is 4.98 Å². The molecule has 0 aromatic carbocycles. The minimum atomic E-state index is -0.410. The van der Waals surface area contributed by atoms with Gasteiger partial charge in [0.05, 0.1) is 19.2 Å². The third-order valence-corrected chi connectivity index (χ3v) is 1.74. The molecule has 84 valence electrons. The number of hydrogen-bond donors (Lipinski definition) is 2. The van der Waals surface area contributed by atoms with E-state index in [1.807, 2.05) is 0 Å². The molecule has 1 heterocycles. The number of aromatic nitrogens is 1. The third kappa shape index (κ3) is 3.59. The molecule has 0 fully saturated rings. The van der Waals surface area contributed by atoms with E-state index in [2.05, 4.69) is 26.9 Å². The number of aliphatic hydroxyl groups excluding tert-OH is 1. The summed E-state index contributed by atoms with van der Waals surface area (Å²) >= 11 is 0. The van der Waals surface area contributed by atoms with E-state index < -0.39 is 5.97 Å². The van der Waals surface area contributed by atoms with Crippen molar-refractivity contribution in [1.29, 1.82) is 0 Å². The maximum Gasteiger partial charge on any atom is 0.338 e. The van der Waals surface area contributed by atoms with Crippen LogP contribution in [0.4, 0.5) is 5.82 Å². The molecule has 0 unspecified atom stereocenters. The van der Waals surface area contributed by atoms with Gasteiger partial charge in [0.25, 0.3) is 0 Å². The van der Waals surface area contributed by atoms with Gasteiger partial charge in [-0.1, -0.05) is 11.8 Å². The second-order valence-corrected chi connectivity index (χ2v) is 2.79. The van der Waals surface area contributed by atoms with Gasteiger partial charge in [-0.25, -0.2) is 9.78 Å². The van der Waals surface area contributed by atoms with Crippen molar-refractivity contribution in [3.05, 3.63) is 23.9 Å². The number of carbonyl (C=O) groups excluding carboxylic acids is 1. The Balaban J connectivity index is 2.64. The first-order valence-corrected chi connectivity index (χ1v) is 4.62. The molecular formula is C11H12N2O3. The molecule has 0 spiro atoms. The fourth-order valence-electron chi connectivity index (χ4n) is 1.03. The van der Waals surface area contributed by atoms with Crippen LogP contribution >= 0.6 is 0 Å². The first kappa shape index (κ1) is 12.0. The molecule has 1 aromatic rings. The van der Waals surface area contributed by atoms with Crippen molar-refractivity contribution < 1.29 is 14.6 Å². The molecule has 5 heteroatoms. The molecule has 5 nitrogen and oxygen atoms in total. The van der Waals surface area contributed by atoms with E-state index in [0.29, 0.717) is 17.9 Å². The molecule has 0 aliphatic carbocycles. The molecule has 1 rings (SSSR count). The third-order valence-electron chi connectivity index (χ3n) is 1.74. The van der Waals surface area contributed by atoms with Crippen LogP contribution in [-0.2, 0) is 4.74 Å². The SMILES string of the molecule is COC(=O)c1ccnc(NCC#CCO)c1. The molecule has 0 radical (unpaired) electrons. The summed E-state index contributed by atoms with van der Waals surface area (Å²) in [5.41, 5.74) is 0.426. The zero-order chi connectivity index (χ0) is 11.8. The quantitative estimate of drug-likeness (QED) is 0.565. The summed E-state index contributed by atoms with van der Waals surface area (Å²) in [5, 5.41) is 11.3. The van der Waals surface area contributed by atoms with Crippen LogP contribution in [-0.4, -0.2) is 36.3 Å². The average molecular weight is 220 g/mol. The average Bonchev–Trinajstić information content (AvgIpc) is 2.34. The van der Waals surface area contributed by atoms with Crippen molar-refractivity contribution in [3.63, 3.8) is 0 Å². The number of nitrogens with zero attached hydrogens (tertiary/aromatic N) is 1. The summed E-state index contributed by atoms with van der Waals surface area (Å²) < 4.78 is 4.58. The predicted octanol–water partition coefficient (Wildman–Crippen LogP) is 0.276. The highest BCUT2D eigenvalue weighted by atomic mass is 16.5. The smallest absolute Gasteiger partial charge is 0.338 e. The van der Waals surface area contributed by atoms with Crippen LogP contribution in [0.25, 0.3) is 0 Å². The number of ether oxygens (including phenoxy) is 1. The van der Waals surface area contributed by atoms with Gasteiger partial charge in [-0.05, 0) is 12.1 Å². The van der Waals surface area contributed by atoms with Crippen LogP contribution in [0.1, 0.15) is 10.4 Å². The van der Waals surface area contributed by atoms with E-state index in [0.717, 1.165) is 0 Å². The zero-order valence-electron chi connectivity index (χ0n) is 8.86. The number of anilines is 1. The van der Waals surface area contributed by atoms with E-state index in [4.69, 9.17) is 5.11 Å². The monoisotopic (exact) mass is 220 g/mol. The molecule has 0 bridgehead atoms. The van der Waals surface area contributed by atoms with Crippen molar-refractivity contribution >= 4 is 11.8 Å². The summed E-state index contributed by atoms with van der Waals surface area (Å²) in [7, 11) is 1.32. The molecule has 2 N–H and O–H groups in total. The maximum atomic E-state index is 11.2. The van der Waals surface area contributed by atoms with Crippen molar-refractivity contribution in [2.45, 2.75) is 0 Å². The Morgan fingerprint density at radius 2 is 2.44 bits per heavy atom. The minimum Gasteiger partial charge on any atom is -0.465 e. The highest BCUT2D eigenvalue weighted by Gasteiger charge is 2.05. The maximum absolute atomic E-state index is 11.2. The molecule has 0 aliphatic rings. The topological polar surface area (TPSA) is 71.5 Å². The van der Waals surface area contributed by atoms with Gasteiger partial charge in [0.15, 0.2) is 0 Å². The number of nitrogens with one attached hydrogen (secondary N) is 1. The number of esters is 1. The van der Waals surface area contributed by atoms with E-state index >= 15 is 0 Å². The van der Waals surface area contributed by atoms with Crippen molar-refractivity contribution in [2.75, 3.05) is 25.6 Å². The lowest BCUT2D eigenvalue weighted by atomic mass is 10.2. The first-order chi connectivity index (χ1) is 7.77. The number of aliphatic hydroxyl groups is 1. The van der Waals surface area contributed by atoms with Gasteiger partial charge < -0.3 is 15.2 Å². The second-order valence-electron chi connectivity index (χ2n) is 2.79. The van der Waals surface area contributed by atoms with E-state index in [1.54, 1.807) is 12.1 Å². The summed E-state index contributed by atoms with van der Waals surface area (Å²) in [6.45, 7) is 0.190. The summed E-state index contributed by atoms with van der Waals surface area (Å²) in [5.74, 6) is 5.30. The molecule has 0 amide bonds. The molecular weight excluding hydrogens is 208 g/mol. The van der Waals surface area contributed by atoms with Gasteiger partial charge in [0, 0.05) is 6.20 Å². The van der Waals surface area contributed by atoms with Gasteiger partial charge in [-0.2, -0.15) is 0 Å². The number of carbonyl (C=O) groups is 1. The Morgan fingerprint density at radius 1 is 1.62 bits per heavy atom. The number of pyridine rings is 1. The summed E-state index contributed by atoms with van der Waals surface area (Å²) in [4.78, 5) is 15.2. The largest absolute Gasteiger partial charge is 0.465 e. The Labute approximate surface area is 93.5 Å². The van der Waals surface area contributed by atoms with E-state index in [-0.39, 0.29) is 6.61 Å². The number of hydrogen-bond acceptors (Lipinski definition) is 5.